The summed E-state index contributed by atoms with van der Waals surface area (Å²) in [5, 5.41) is 4.85. The summed E-state index contributed by atoms with van der Waals surface area (Å²) in [5.74, 6) is 1.37. The topological polar surface area (TPSA) is 75.8 Å². The van der Waals surface area contributed by atoms with Gasteiger partial charge in [0, 0.05) is 12.6 Å². The highest BCUT2D eigenvalue weighted by Gasteiger charge is 2.45. The van der Waals surface area contributed by atoms with Crippen molar-refractivity contribution in [2.24, 2.45) is 4.99 Å². The van der Waals surface area contributed by atoms with E-state index in [1.165, 1.54) is 6.07 Å². The highest BCUT2D eigenvalue weighted by molar-refractivity contribution is 6.19. The molecular weight excluding hydrogens is 471 g/mol. The van der Waals surface area contributed by atoms with E-state index in [1.54, 1.807) is 28.8 Å². The van der Waals surface area contributed by atoms with E-state index in [4.69, 9.17) is 14.8 Å². The normalized spacial score (nSPS) is 15.9. The number of amides is 1. The smallest absolute Gasteiger partial charge is 0.269 e. The molecule has 0 N–H and O–H groups in total. The third kappa shape index (κ3) is 4.12. The Kier molecular flexibility index (Phi) is 5.29. The molecule has 0 spiro atoms. The Morgan fingerprint density at radius 1 is 1.00 bits per heavy atom. The molecule has 6 rings (SSSR count). The van der Waals surface area contributed by atoms with Crippen LogP contribution >= 0.6 is 0 Å². The first-order valence-electron chi connectivity index (χ1n) is 12.0. The third-order valence-corrected chi connectivity index (χ3v) is 6.41. The molecule has 4 heterocycles. The molecule has 8 nitrogen and oxygen atoms in total. The molecule has 9 heteroatoms. The van der Waals surface area contributed by atoms with Gasteiger partial charge < -0.3 is 4.74 Å². The summed E-state index contributed by atoms with van der Waals surface area (Å²) >= 11 is 0. The fraction of sp³-hybridized carbons (Fsp3) is 0.214. The highest BCUT2D eigenvalue weighted by Crippen LogP contribution is 2.40. The number of pyridine rings is 1. The van der Waals surface area contributed by atoms with Gasteiger partial charge in [-0.05, 0) is 43.7 Å². The van der Waals surface area contributed by atoms with E-state index < -0.39 is 5.95 Å². The first-order chi connectivity index (χ1) is 17.8. The van der Waals surface area contributed by atoms with Crippen molar-refractivity contribution in [2.45, 2.75) is 25.9 Å². The van der Waals surface area contributed by atoms with Crippen molar-refractivity contribution < 1.29 is 13.9 Å². The van der Waals surface area contributed by atoms with Crippen molar-refractivity contribution in [3.63, 3.8) is 0 Å². The van der Waals surface area contributed by atoms with Crippen LogP contribution in [0, 0.1) is 5.95 Å². The number of carbonyl (C=O) groups is 1. The number of fused-ring (bicyclic) bond motifs is 3. The van der Waals surface area contributed by atoms with Crippen LogP contribution in [0.2, 0.25) is 0 Å². The van der Waals surface area contributed by atoms with Crippen LogP contribution in [0.1, 0.15) is 29.8 Å². The second-order valence-electron chi connectivity index (χ2n) is 9.79. The zero-order chi connectivity index (χ0) is 25.7. The molecule has 0 saturated heterocycles. The number of rotatable bonds is 5. The number of aliphatic imine (C=N–C) groups is 1. The second-order valence-corrected chi connectivity index (χ2v) is 9.79. The molecule has 0 unspecified atom stereocenters. The standard InChI is InChI=1S/C28H25FN6O2/c1-28(2)17-34-24-23(25(36)33(3)27(34)31-28)26(37-20-8-5-4-6-9-20)35(32-24)16-18-12-14-19(15-13-18)21-10-7-11-22(29)30-21/h4-15H,16-17H2,1-3H3. The van der Waals surface area contributed by atoms with Crippen LogP contribution in [-0.2, 0) is 6.54 Å². The van der Waals surface area contributed by atoms with E-state index >= 15 is 0 Å². The minimum Gasteiger partial charge on any atom is -0.438 e. The molecule has 2 aromatic carbocycles. The van der Waals surface area contributed by atoms with Crippen LogP contribution in [0.5, 0.6) is 11.6 Å². The van der Waals surface area contributed by atoms with Gasteiger partial charge in [0.1, 0.15) is 11.3 Å². The van der Waals surface area contributed by atoms with Crippen LogP contribution in [0.3, 0.4) is 0 Å². The van der Waals surface area contributed by atoms with Crippen molar-refractivity contribution in [1.82, 2.24) is 19.7 Å². The Bertz CT molecular complexity index is 1530. The largest absolute Gasteiger partial charge is 0.438 e. The Balaban J connectivity index is 1.40. The zero-order valence-corrected chi connectivity index (χ0v) is 20.7. The van der Waals surface area contributed by atoms with E-state index in [0.717, 1.165) is 11.1 Å². The van der Waals surface area contributed by atoms with E-state index in [9.17, 15) is 9.18 Å². The predicted molar refractivity (Wildman–Crippen MR) is 138 cm³/mol. The Morgan fingerprint density at radius 3 is 2.49 bits per heavy atom. The summed E-state index contributed by atoms with van der Waals surface area (Å²) in [7, 11) is 1.72. The van der Waals surface area contributed by atoms with Crippen LogP contribution in [0.15, 0.2) is 77.8 Å². The lowest BCUT2D eigenvalue weighted by molar-refractivity contribution is 0.0862. The van der Waals surface area contributed by atoms with Gasteiger partial charge in [0.25, 0.3) is 5.91 Å². The summed E-state index contributed by atoms with van der Waals surface area (Å²) in [6, 6.07) is 21.7. The fourth-order valence-electron chi connectivity index (χ4n) is 4.65. The summed E-state index contributed by atoms with van der Waals surface area (Å²) in [6.07, 6.45) is 0. The first-order valence-corrected chi connectivity index (χ1v) is 12.0. The molecule has 0 atom stereocenters. The third-order valence-electron chi connectivity index (χ3n) is 6.41. The van der Waals surface area contributed by atoms with E-state index in [1.807, 2.05) is 73.3 Å². The minimum absolute atomic E-state index is 0.215. The van der Waals surface area contributed by atoms with Gasteiger partial charge in [0.05, 0.1) is 24.3 Å². The number of anilines is 1. The quantitative estimate of drug-likeness (QED) is 0.365. The maximum absolute atomic E-state index is 13.6. The highest BCUT2D eigenvalue weighted by atomic mass is 19.1. The number of hydrogen-bond donors (Lipinski definition) is 0. The minimum atomic E-state index is -0.519. The SMILES string of the molecule is CN1C(=O)c2c(nn(Cc3ccc(-c4cccc(F)n4)cc3)c2Oc2ccccc2)N2CC(C)(C)N=C12. The first kappa shape index (κ1) is 22.9. The van der Waals surface area contributed by atoms with Crippen LogP contribution in [0.4, 0.5) is 10.2 Å². The molecular formula is C28H25FN6O2. The maximum Gasteiger partial charge on any atom is 0.269 e. The maximum atomic E-state index is 13.6. The van der Waals surface area contributed by atoms with Crippen LogP contribution in [0.25, 0.3) is 11.3 Å². The van der Waals surface area contributed by atoms with Gasteiger partial charge in [-0.1, -0.05) is 48.5 Å². The van der Waals surface area contributed by atoms with E-state index in [0.29, 0.717) is 47.8 Å². The number of hydrogen-bond acceptors (Lipinski definition) is 6. The molecule has 0 saturated carbocycles. The summed E-state index contributed by atoms with van der Waals surface area (Å²) in [4.78, 5) is 25.8. The average Bonchev–Trinajstić information content (AvgIpc) is 3.40. The molecule has 0 radical (unpaired) electrons. The number of benzene rings is 2. The molecule has 0 bridgehead atoms. The lowest BCUT2D eigenvalue weighted by Crippen LogP contribution is -2.48. The van der Waals surface area contributed by atoms with Crippen molar-refractivity contribution >= 4 is 17.7 Å². The number of nitrogens with zero attached hydrogens (tertiary/aromatic N) is 6. The molecule has 0 fully saturated rings. The zero-order valence-electron chi connectivity index (χ0n) is 20.7. The molecule has 186 valence electrons. The van der Waals surface area contributed by atoms with E-state index in [-0.39, 0.29) is 11.4 Å². The molecule has 2 aliphatic heterocycles. The average molecular weight is 497 g/mol. The molecule has 2 aliphatic rings. The van der Waals surface area contributed by atoms with Crippen molar-refractivity contribution in [3.05, 3.63) is 89.9 Å². The number of guanidine groups is 1. The molecule has 1 amide bonds. The van der Waals surface area contributed by atoms with Crippen LogP contribution < -0.4 is 9.64 Å². The van der Waals surface area contributed by atoms with Gasteiger partial charge >= 0.3 is 0 Å². The molecule has 37 heavy (non-hydrogen) atoms. The van der Waals surface area contributed by atoms with E-state index in [2.05, 4.69) is 4.98 Å². The number of carbonyl (C=O) groups excluding carboxylic acids is 1. The van der Waals surface area contributed by atoms with Gasteiger partial charge in [0.2, 0.25) is 17.8 Å². The second kappa shape index (κ2) is 8.55. The van der Waals surface area contributed by atoms with Crippen LogP contribution in [-0.4, -0.2) is 50.7 Å². The lowest BCUT2D eigenvalue weighted by Gasteiger charge is -2.30. The number of aromatic nitrogens is 3. The monoisotopic (exact) mass is 496 g/mol. The summed E-state index contributed by atoms with van der Waals surface area (Å²) in [5.41, 5.74) is 2.36. The number of halogens is 1. The predicted octanol–water partition coefficient (Wildman–Crippen LogP) is 4.97. The fourth-order valence-corrected chi connectivity index (χ4v) is 4.65. The molecule has 2 aromatic heterocycles. The Hall–Kier alpha value is -4.53. The van der Waals surface area contributed by atoms with Crippen molar-refractivity contribution in [3.8, 4) is 22.9 Å². The van der Waals surface area contributed by atoms with Crippen molar-refractivity contribution in [1.29, 1.82) is 0 Å². The summed E-state index contributed by atoms with van der Waals surface area (Å²) < 4.78 is 21.6. The summed E-state index contributed by atoms with van der Waals surface area (Å²) in [6.45, 7) is 5.03. The van der Waals surface area contributed by atoms with Gasteiger partial charge in [-0.3, -0.25) is 14.6 Å². The Morgan fingerprint density at radius 2 is 1.76 bits per heavy atom. The van der Waals surface area contributed by atoms with Gasteiger partial charge in [0.15, 0.2) is 5.82 Å². The van der Waals surface area contributed by atoms with Gasteiger partial charge in [-0.2, -0.15) is 9.49 Å². The molecule has 4 aromatic rings. The Labute approximate surface area is 213 Å². The molecule has 0 aliphatic carbocycles. The van der Waals surface area contributed by atoms with Gasteiger partial charge in [-0.25, -0.2) is 14.7 Å². The van der Waals surface area contributed by atoms with Crippen molar-refractivity contribution in [2.75, 3.05) is 18.5 Å². The number of ether oxygens (including phenoxy) is 1. The lowest BCUT2D eigenvalue weighted by atomic mass is 10.1. The van der Waals surface area contributed by atoms with Gasteiger partial charge in [-0.15, -0.1) is 0 Å². The number of para-hydroxylation sites is 1.